The van der Waals surface area contributed by atoms with E-state index in [4.69, 9.17) is 4.42 Å². The van der Waals surface area contributed by atoms with E-state index in [9.17, 15) is 0 Å². The van der Waals surface area contributed by atoms with E-state index < -0.39 is 0 Å². The van der Waals surface area contributed by atoms with Gasteiger partial charge in [-0.15, -0.1) is 0 Å². The van der Waals surface area contributed by atoms with Crippen LogP contribution < -0.4 is 4.90 Å². The third-order valence-corrected chi connectivity index (χ3v) is 11.7. The van der Waals surface area contributed by atoms with Crippen LogP contribution in [0.4, 0.5) is 11.4 Å². The molecule has 0 aliphatic heterocycles. The number of hydrogen-bond acceptors (Lipinski definition) is 2. The highest BCUT2D eigenvalue weighted by Crippen LogP contribution is 2.44. The third-order valence-electron chi connectivity index (χ3n) is 11.7. The van der Waals surface area contributed by atoms with Gasteiger partial charge in [0.1, 0.15) is 11.2 Å². The smallest absolute Gasteiger partial charge is 0.143 e. The molecule has 2 aliphatic rings. The largest absolute Gasteiger partial charge is 0.455 e. The van der Waals surface area contributed by atoms with Gasteiger partial charge in [-0.3, -0.25) is 0 Å². The summed E-state index contributed by atoms with van der Waals surface area (Å²) in [5.74, 6) is 0.361. The maximum absolute atomic E-state index is 6.78. The van der Waals surface area contributed by atoms with Gasteiger partial charge < -0.3 is 9.32 Å². The highest BCUT2D eigenvalue weighted by molar-refractivity contribution is 6.14. The molecular formula is C58H43NO. The van der Waals surface area contributed by atoms with Gasteiger partial charge in [-0.25, -0.2) is 0 Å². The second-order valence-electron chi connectivity index (χ2n) is 15.2. The minimum atomic E-state index is 0.361. The Morgan fingerprint density at radius 3 is 2.10 bits per heavy atom. The van der Waals surface area contributed by atoms with E-state index in [1.807, 2.05) is 24.3 Å². The number of anilines is 2. The number of benzene rings is 6. The molecule has 0 saturated carbocycles. The zero-order chi connectivity index (χ0) is 40.3. The van der Waals surface area contributed by atoms with Crippen LogP contribution in [-0.4, -0.2) is 0 Å². The van der Waals surface area contributed by atoms with Crippen molar-refractivity contribution in [3.8, 4) is 22.3 Å². The van der Waals surface area contributed by atoms with Crippen molar-refractivity contribution in [1.29, 1.82) is 0 Å². The summed E-state index contributed by atoms with van der Waals surface area (Å²) < 4.78 is 6.78. The van der Waals surface area contributed by atoms with Gasteiger partial charge in [-0.1, -0.05) is 195 Å². The Morgan fingerprint density at radius 2 is 1.28 bits per heavy atom. The van der Waals surface area contributed by atoms with Crippen molar-refractivity contribution in [3.05, 3.63) is 259 Å². The first-order valence-corrected chi connectivity index (χ1v) is 20.6. The molecular weight excluding hydrogens is 727 g/mol. The summed E-state index contributed by atoms with van der Waals surface area (Å²) in [4.78, 5) is 2.31. The summed E-state index contributed by atoms with van der Waals surface area (Å²) in [6.07, 6.45) is 18.7. The number of allylic oxidation sites excluding steroid dienone is 9. The maximum Gasteiger partial charge on any atom is 0.143 e. The van der Waals surface area contributed by atoms with Gasteiger partial charge in [0.25, 0.3) is 0 Å². The quantitative estimate of drug-likeness (QED) is 0.143. The van der Waals surface area contributed by atoms with Gasteiger partial charge in [0.2, 0.25) is 0 Å². The highest BCUT2D eigenvalue weighted by Gasteiger charge is 2.24. The maximum atomic E-state index is 6.78. The molecule has 0 N–H and O–H groups in total. The van der Waals surface area contributed by atoms with Gasteiger partial charge in [0, 0.05) is 39.2 Å². The summed E-state index contributed by atoms with van der Waals surface area (Å²) in [6, 6.07) is 64.2. The molecule has 1 atom stereocenters. The molecule has 1 aromatic heterocycles. The van der Waals surface area contributed by atoms with Crippen LogP contribution in [0.25, 0.3) is 61.0 Å². The first kappa shape index (κ1) is 36.6. The molecule has 1 unspecified atom stereocenters. The third kappa shape index (κ3) is 6.99. The summed E-state index contributed by atoms with van der Waals surface area (Å²) >= 11 is 0. The van der Waals surface area contributed by atoms with Crippen molar-refractivity contribution in [1.82, 2.24) is 0 Å². The van der Waals surface area contributed by atoms with E-state index in [1.165, 1.54) is 27.7 Å². The van der Waals surface area contributed by atoms with E-state index >= 15 is 0 Å². The molecule has 2 nitrogen and oxygen atoms in total. The Morgan fingerprint density at radius 1 is 0.600 bits per heavy atom. The van der Waals surface area contributed by atoms with Crippen molar-refractivity contribution >= 4 is 50.2 Å². The molecule has 0 radical (unpaired) electrons. The molecule has 0 fully saturated rings. The Hall–Kier alpha value is -7.68. The zero-order valence-corrected chi connectivity index (χ0v) is 33.3. The number of rotatable bonds is 8. The van der Waals surface area contributed by atoms with Gasteiger partial charge in [-0.05, 0) is 93.1 Å². The van der Waals surface area contributed by atoms with Gasteiger partial charge >= 0.3 is 0 Å². The summed E-state index contributed by atoms with van der Waals surface area (Å²) in [5.41, 5.74) is 14.4. The van der Waals surface area contributed by atoms with Crippen LogP contribution in [0.15, 0.2) is 252 Å². The summed E-state index contributed by atoms with van der Waals surface area (Å²) in [6.45, 7) is 4.39. The van der Waals surface area contributed by atoms with Crippen molar-refractivity contribution in [3.63, 3.8) is 0 Å². The summed E-state index contributed by atoms with van der Waals surface area (Å²) in [5, 5.41) is 4.57. The second-order valence-corrected chi connectivity index (χ2v) is 15.2. The molecule has 2 heteroatoms. The monoisotopic (exact) mass is 769 g/mol. The van der Waals surface area contributed by atoms with Gasteiger partial charge in [-0.2, -0.15) is 0 Å². The molecule has 1 heterocycles. The lowest BCUT2D eigenvalue weighted by Gasteiger charge is -2.29. The molecule has 0 amide bonds. The molecule has 7 aromatic carbocycles. The average molecular weight is 770 g/mol. The number of para-hydroxylation sites is 2. The van der Waals surface area contributed by atoms with E-state index in [0.29, 0.717) is 5.92 Å². The predicted molar refractivity (Wildman–Crippen MR) is 255 cm³/mol. The normalized spacial score (nSPS) is 14.7. The van der Waals surface area contributed by atoms with Gasteiger partial charge in [0.05, 0.1) is 5.69 Å². The van der Waals surface area contributed by atoms with E-state index in [-0.39, 0.29) is 0 Å². The Balaban J connectivity index is 1.11. The lowest BCUT2D eigenvalue weighted by Crippen LogP contribution is -2.16. The number of furan rings is 1. The van der Waals surface area contributed by atoms with Crippen LogP contribution in [0.2, 0.25) is 0 Å². The van der Waals surface area contributed by atoms with Crippen molar-refractivity contribution < 1.29 is 4.42 Å². The van der Waals surface area contributed by atoms with E-state index in [1.54, 1.807) is 0 Å². The fourth-order valence-corrected chi connectivity index (χ4v) is 8.77. The SMILES string of the molecule is C=C/C(=C\C=C\C1=C2C=Cc3ccccc3C2CC=C1)N(c1ccc(-c2ccccccccc2)cc1)c1ccccc1-c1cccc2c1oc1cc3ccccc3cc12. The van der Waals surface area contributed by atoms with Crippen LogP contribution in [0.5, 0.6) is 0 Å². The van der Waals surface area contributed by atoms with Crippen molar-refractivity contribution in [2.24, 2.45) is 0 Å². The standard InChI is InChI=1S/C58H43NO/c1-2-47(26-16-24-43-25-17-29-51-49-27-13-12-21-44(49)35-38-50(43)51)59(48-36-33-42(34-37-48)41-19-8-6-4-3-5-7-9-20-41)56-32-15-14-28-52(56)53-30-18-31-54-55-39-45-22-10-11-23-46(45)40-57(55)60-58(53)54/h2-28,30-40,51H,1,29H2/b4-3?,5-3?,6-4?,7-5?,8-6?,9-7?,19-8?,20-9?,24-16+,41-19?,41-20?,47-26+. The molecule has 8 aromatic rings. The van der Waals surface area contributed by atoms with Crippen LogP contribution in [0, 0.1) is 0 Å². The minimum absolute atomic E-state index is 0.361. The molecule has 0 spiro atoms. The van der Waals surface area contributed by atoms with E-state index in [0.717, 1.165) is 73.1 Å². The van der Waals surface area contributed by atoms with Crippen LogP contribution in [0.1, 0.15) is 23.5 Å². The van der Waals surface area contributed by atoms with Crippen molar-refractivity contribution in [2.45, 2.75) is 12.3 Å². The second kappa shape index (κ2) is 16.3. The van der Waals surface area contributed by atoms with E-state index in [2.05, 4.69) is 218 Å². The Labute approximate surface area is 351 Å². The molecule has 0 saturated heterocycles. The molecule has 286 valence electrons. The Kier molecular flexibility index (Phi) is 9.95. The average Bonchev–Trinajstić information content (AvgIpc) is 3.67. The van der Waals surface area contributed by atoms with Gasteiger partial charge in [0.15, 0.2) is 0 Å². The first-order valence-electron chi connectivity index (χ1n) is 20.6. The predicted octanol–water partition coefficient (Wildman–Crippen LogP) is 16.0. The van der Waals surface area contributed by atoms with Crippen molar-refractivity contribution in [2.75, 3.05) is 4.90 Å². The van der Waals surface area contributed by atoms with Crippen LogP contribution in [-0.2, 0) is 0 Å². The highest BCUT2D eigenvalue weighted by atomic mass is 16.3. The number of nitrogens with zero attached hydrogens (tertiary/aromatic N) is 1. The molecule has 0 bridgehead atoms. The molecule has 60 heavy (non-hydrogen) atoms. The fourth-order valence-electron chi connectivity index (χ4n) is 8.77. The lowest BCUT2D eigenvalue weighted by molar-refractivity contribution is 0.670. The first-order chi connectivity index (χ1) is 29.7. The number of hydrogen-bond donors (Lipinski definition) is 0. The van der Waals surface area contributed by atoms with Crippen LogP contribution >= 0.6 is 0 Å². The minimum Gasteiger partial charge on any atom is -0.455 e. The molecule has 2 aliphatic carbocycles. The summed E-state index contributed by atoms with van der Waals surface area (Å²) in [7, 11) is 0. The zero-order valence-electron chi connectivity index (χ0n) is 33.3. The Bertz CT molecular complexity index is 3120. The number of fused-ring (bicyclic) bond motifs is 7. The lowest BCUT2D eigenvalue weighted by atomic mass is 9.77. The fraction of sp³-hybridized carbons (Fsp3) is 0.0345. The van der Waals surface area contributed by atoms with Crippen LogP contribution in [0.3, 0.4) is 0 Å². The molecule has 10 rings (SSSR count). The topological polar surface area (TPSA) is 16.4 Å².